The third-order valence-corrected chi connectivity index (χ3v) is 6.88. The molecule has 0 spiro atoms. The van der Waals surface area contributed by atoms with Gasteiger partial charge in [0.2, 0.25) is 0 Å². The number of carbonyl (C=O) groups is 1. The second-order valence-electron chi connectivity index (χ2n) is 9.79. The Morgan fingerprint density at radius 1 is 0.805 bits per heavy atom. The Hall–Kier alpha value is -4.98. The Bertz CT molecular complexity index is 1650. The number of hydrogen-bond donors (Lipinski definition) is 1. The van der Waals surface area contributed by atoms with Gasteiger partial charge in [0.05, 0.1) is 12.8 Å². The van der Waals surface area contributed by atoms with E-state index in [2.05, 4.69) is 45.6 Å². The highest BCUT2D eigenvalue weighted by Crippen LogP contribution is 2.23. The molecule has 8 nitrogen and oxygen atoms in total. The first-order valence-electron chi connectivity index (χ1n) is 13.6. The van der Waals surface area contributed by atoms with Crippen LogP contribution in [-0.2, 0) is 6.61 Å². The minimum Gasteiger partial charge on any atom is -0.494 e. The number of aryl methyl sites for hydroxylation is 3. The number of furan rings is 1. The topological polar surface area (TPSA) is 82.9 Å². The van der Waals surface area contributed by atoms with Gasteiger partial charge in [0.1, 0.15) is 23.9 Å². The molecule has 0 atom stereocenters. The van der Waals surface area contributed by atoms with Gasteiger partial charge in [-0.3, -0.25) is 4.79 Å². The van der Waals surface area contributed by atoms with E-state index in [-0.39, 0.29) is 12.4 Å². The van der Waals surface area contributed by atoms with Gasteiger partial charge in [-0.1, -0.05) is 0 Å². The zero-order valence-electron chi connectivity index (χ0n) is 24.0. The van der Waals surface area contributed by atoms with Crippen LogP contribution in [0.25, 0.3) is 11.4 Å². The van der Waals surface area contributed by atoms with Crippen LogP contribution >= 0.6 is 0 Å². The van der Waals surface area contributed by atoms with Crippen molar-refractivity contribution in [3.05, 3.63) is 119 Å². The number of benzene rings is 2. The number of carbonyl (C=O) groups excluding carboxylic acids is 1. The number of rotatable bonds is 10. The van der Waals surface area contributed by atoms with Gasteiger partial charge in [0.25, 0.3) is 0 Å². The number of aromatic nitrogens is 2. The zero-order chi connectivity index (χ0) is 28.9. The molecule has 8 heteroatoms. The molecule has 0 fully saturated rings. The molecule has 2 aromatic carbocycles. The molecule has 0 saturated heterocycles. The van der Waals surface area contributed by atoms with Crippen LogP contribution in [0.5, 0.6) is 11.5 Å². The Labute approximate surface area is 239 Å². The molecular weight excluding hydrogens is 516 g/mol. The van der Waals surface area contributed by atoms with Crippen molar-refractivity contribution in [3.8, 4) is 22.9 Å². The summed E-state index contributed by atoms with van der Waals surface area (Å²) in [5.74, 6) is 1.82. The zero-order valence-corrected chi connectivity index (χ0v) is 24.0. The van der Waals surface area contributed by atoms with Crippen molar-refractivity contribution in [3.63, 3.8) is 0 Å². The van der Waals surface area contributed by atoms with E-state index in [0.29, 0.717) is 18.1 Å². The second kappa shape index (κ2) is 12.0. The molecule has 0 aliphatic rings. The predicted octanol–water partition coefficient (Wildman–Crippen LogP) is 6.84. The van der Waals surface area contributed by atoms with Crippen LogP contribution < -0.4 is 14.9 Å². The molecule has 3 heterocycles. The quantitative estimate of drug-likeness (QED) is 0.153. The van der Waals surface area contributed by atoms with Crippen molar-refractivity contribution in [2.24, 2.45) is 5.10 Å². The van der Waals surface area contributed by atoms with Crippen molar-refractivity contribution in [1.29, 1.82) is 0 Å². The van der Waals surface area contributed by atoms with Gasteiger partial charge in [0, 0.05) is 39.7 Å². The summed E-state index contributed by atoms with van der Waals surface area (Å²) in [6.07, 6.45) is 1.64. The Balaban J connectivity index is 1.16. The monoisotopic (exact) mass is 550 g/mol. The third-order valence-electron chi connectivity index (χ3n) is 6.88. The number of nitrogens with zero attached hydrogens (tertiary/aromatic N) is 3. The lowest BCUT2D eigenvalue weighted by Crippen LogP contribution is -2.16. The lowest BCUT2D eigenvalue weighted by Gasteiger charge is -2.11. The van der Waals surface area contributed by atoms with E-state index >= 15 is 0 Å². The lowest BCUT2D eigenvalue weighted by atomic mass is 10.2. The predicted molar refractivity (Wildman–Crippen MR) is 160 cm³/mol. The van der Waals surface area contributed by atoms with Crippen molar-refractivity contribution in [2.45, 2.75) is 41.2 Å². The van der Waals surface area contributed by atoms with Crippen LogP contribution in [0.15, 0.2) is 88.4 Å². The highest BCUT2D eigenvalue weighted by Gasteiger charge is 2.13. The summed E-state index contributed by atoms with van der Waals surface area (Å²) >= 11 is 0. The molecular formula is C33H34N4O4. The standard InChI is InChI=1S/C33H34N4O4/c1-6-39-29-13-11-28(12-14-29)37-24(4)19-26(25(37)5)20-34-35-33(38)32-18-17-31(41-32)21-40-30-15-9-27(10-16-30)36-22(2)7-8-23(36)3/h7-20H,6,21H2,1-5H3,(H,35,38)/b34-20+. The fourth-order valence-corrected chi connectivity index (χ4v) is 4.89. The second-order valence-corrected chi connectivity index (χ2v) is 9.79. The van der Waals surface area contributed by atoms with Gasteiger partial charge in [-0.05, 0) is 113 Å². The first-order chi connectivity index (χ1) is 19.8. The van der Waals surface area contributed by atoms with Crippen molar-refractivity contribution in [1.82, 2.24) is 14.6 Å². The van der Waals surface area contributed by atoms with Gasteiger partial charge >= 0.3 is 5.91 Å². The van der Waals surface area contributed by atoms with Gasteiger partial charge in [-0.2, -0.15) is 5.10 Å². The van der Waals surface area contributed by atoms with E-state index in [1.807, 2.05) is 75.4 Å². The third kappa shape index (κ3) is 6.11. The molecule has 0 radical (unpaired) electrons. The number of amides is 1. The van der Waals surface area contributed by atoms with E-state index in [4.69, 9.17) is 13.9 Å². The highest BCUT2D eigenvalue weighted by molar-refractivity contribution is 5.92. The summed E-state index contributed by atoms with van der Waals surface area (Å²) in [5, 5.41) is 4.16. The average Bonchev–Trinajstić information content (AvgIpc) is 3.66. The number of hydrogen-bond acceptors (Lipinski definition) is 5. The fourth-order valence-electron chi connectivity index (χ4n) is 4.89. The van der Waals surface area contributed by atoms with Gasteiger partial charge in [0.15, 0.2) is 5.76 Å². The first-order valence-corrected chi connectivity index (χ1v) is 13.6. The van der Waals surface area contributed by atoms with Gasteiger partial charge in [-0.25, -0.2) is 5.43 Å². The normalized spacial score (nSPS) is 11.2. The van der Waals surface area contributed by atoms with Crippen LogP contribution in [0.1, 0.15) is 51.6 Å². The fraction of sp³-hybridized carbons (Fsp3) is 0.212. The lowest BCUT2D eigenvalue weighted by molar-refractivity contribution is 0.0923. The van der Waals surface area contributed by atoms with Gasteiger partial charge < -0.3 is 23.0 Å². The Kier molecular flexibility index (Phi) is 8.10. The van der Waals surface area contributed by atoms with Crippen molar-refractivity contribution in [2.75, 3.05) is 6.61 Å². The van der Waals surface area contributed by atoms with Crippen molar-refractivity contribution >= 4 is 12.1 Å². The smallest absolute Gasteiger partial charge is 0.307 e. The number of nitrogens with one attached hydrogen (secondary N) is 1. The average molecular weight is 551 g/mol. The molecule has 1 amide bonds. The van der Waals surface area contributed by atoms with Crippen LogP contribution in [0.2, 0.25) is 0 Å². The number of hydrazone groups is 1. The maximum absolute atomic E-state index is 12.6. The summed E-state index contributed by atoms with van der Waals surface area (Å²) in [5.41, 5.74) is 9.97. The molecule has 1 N–H and O–H groups in total. The Morgan fingerprint density at radius 3 is 2.05 bits per heavy atom. The molecule has 0 saturated carbocycles. The molecule has 0 aliphatic carbocycles. The Morgan fingerprint density at radius 2 is 1.41 bits per heavy atom. The van der Waals surface area contributed by atoms with E-state index in [1.165, 1.54) is 11.4 Å². The molecule has 41 heavy (non-hydrogen) atoms. The summed E-state index contributed by atoms with van der Waals surface area (Å²) in [6.45, 7) is 11.0. The molecule has 5 aromatic rings. The highest BCUT2D eigenvalue weighted by atomic mass is 16.5. The number of ether oxygens (including phenoxy) is 2. The van der Waals surface area contributed by atoms with E-state index in [9.17, 15) is 4.79 Å². The molecule has 0 unspecified atom stereocenters. The van der Waals surface area contributed by atoms with Crippen LogP contribution in [0.4, 0.5) is 0 Å². The molecule has 0 bridgehead atoms. The minimum atomic E-state index is -0.436. The summed E-state index contributed by atoms with van der Waals surface area (Å²) in [4.78, 5) is 12.6. The maximum Gasteiger partial charge on any atom is 0.307 e. The largest absolute Gasteiger partial charge is 0.494 e. The maximum atomic E-state index is 12.6. The summed E-state index contributed by atoms with van der Waals surface area (Å²) in [7, 11) is 0. The van der Waals surface area contributed by atoms with Gasteiger partial charge in [-0.15, -0.1) is 0 Å². The summed E-state index contributed by atoms with van der Waals surface area (Å²) < 4.78 is 21.4. The first kappa shape index (κ1) is 27.6. The molecule has 0 aliphatic heterocycles. The van der Waals surface area contributed by atoms with Crippen LogP contribution in [0, 0.1) is 27.7 Å². The van der Waals surface area contributed by atoms with Crippen molar-refractivity contribution < 1.29 is 18.7 Å². The van der Waals surface area contributed by atoms with Crippen LogP contribution in [0.3, 0.4) is 0 Å². The minimum absolute atomic E-state index is 0.162. The molecule has 3 aromatic heterocycles. The SMILES string of the molecule is CCOc1ccc(-n2c(C)cc(/C=N/NC(=O)c3ccc(COc4ccc(-n5c(C)ccc5C)cc4)o3)c2C)cc1. The summed E-state index contributed by atoms with van der Waals surface area (Å²) in [6, 6.07) is 25.4. The van der Waals surface area contributed by atoms with Crippen LogP contribution in [-0.4, -0.2) is 27.9 Å². The van der Waals surface area contributed by atoms with E-state index in [0.717, 1.165) is 34.1 Å². The molecule has 5 rings (SSSR count). The van der Waals surface area contributed by atoms with E-state index < -0.39 is 5.91 Å². The van der Waals surface area contributed by atoms with E-state index in [1.54, 1.807) is 18.3 Å². The molecule has 210 valence electrons.